The first kappa shape index (κ1) is 10.7. The van der Waals surface area contributed by atoms with Crippen molar-refractivity contribution in [3.63, 3.8) is 0 Å². The third kappa shape index (κ3) is 2.31. The van der Waals surface area contributed by atoms with E-state index in [0.717, 1.165) is 14.2 Å². The Morgan fingerprint density at radius 1 is 1.77 bits per heavy atom. The molecule has 0 radical (unpaired) electrons. The molecule has 0 aliphatic rings. The van der Waals surface area contributed by atoms with Crippen molar-refractivity contribution in [2.75, 3.05) is 0 Å². The zero-order valence-electron chi connectivity index (χ0n) is 7.50. The highest BCUT2D eigenvalue weighted by molar-refractivity contribution is 9.10. The number of thiophene rings is 1. The van der Waals surface area contributed by atoms with Gasteiger partial charge in [-0.25, -0.2) is 0 Å². The van der Waals surface area contributed by atoms with E-state index in [1.165, 1.54) is 0 Å². The van der Waals surface area contributed by atoms with E-state index in [9.17, 15) is 4.79 Å². The minimum Gasteiger partial charge on any atom is -0.481 e. The highest BCUT2D eigenvalue weighted by Crippen LogP contribution is 2.34. The van der Waals surface area contributed by atoms with Crippen molar-refractivity contribution in [1.82, 2.24) is 0 Å². The van der Waals surface area contributed by atoms with E-state index >= 15 is 0 Å². The molecule has 1 rings (SSSR count). The highest BCUT2D eigenvalue weighted by atomic mass is 79.9. The van der Waals surface area contributed by atoms with Crippen LogP contribution in [0.1, 0.15) is 29.0 Å². The van der Waals surface area contributed by atoms with Crippen molar-refractivity contribution in [3.05, 3.63) is 20.3 Å². The summed E-state index contributed by atoms with van der Waals surface area (Å²) in [4.78, 5) is 12.9. The number of carboxylic acids is 1. The smallest absolute Gasteiger partial charge is 0.311 e. The van der Waals surface area contributed by atoms with E-state index < -0.39 is 5.97 Å². The lowest BCUT2D eigenvalue weighted by molar-refractivity contribution is -0.138. The van der Waals surface area contributed by atoms with Crippen LogP contribution in [0.4, 0.5) is 0 Å². The lowest BCUT2D eigenvalue weighted by atomic mass is 10.1. The number of hydrogen-bond acceptors (Lipinski definition) is 2. The van der Waals surface area contributed by atoms with Crippen molar-refractivity contribution in [3.8, 4) is 0 Å². The Kier molecular flexibility index (Phi) is 3.50. The number of carboxylic acid groups (broad SMARTS) is 1. The first-order chi connectivity index (χ1) is 6.06. The lowest BCUT2D eigenvalue weighted by Crippen LogP contribution is -2.09. The third-order valence-corrected chi connectivity index (χ3v) is 3.94. The zero-order valence-corrected chi connectivity index (χ0v) is 9.91. The summed E-state index contributed by atoms with van der Waals surface area (Å²) in [5.41, 5.74) is 0. The van der Waals surface area contributed by atoms with Gasteiger partial charge in [-0.3, -0.25) is 4.79 Å². The van der Waals surface area contributed by atoms with Gasteiger partial charge >= 0.3 is 5.97 Å². The third-order valence-electron chi connectivity index (χ3n) is 1.86. The molecule has 13 heavy (non-hydrogen) atoms. The van der Waals surface area contributed by atoms with Crippen LogP contribution >= 0.6 is 27.3 Å². The van der Waals surface area contributed by atoms with Gasteiger partial charge in [0.1, 0.15) is 0 Å². The van der Waals surface area contributed by atoms with E-state index in [2.05, 4.69) is 15.9 Å². The van der Waals surface area contributed by atoms with Crippen molar-refractivity contribution < 1.29 is 9.90 Å². The number of halogens is 1. The fourth-order valence-corrected chi connectivity index (χ4v) is 3.31. The minimum atomic E-state index is -0.745. The number of rotatable bonds is 3. The fourth-order valence-electron chi connectivity index (χ4n) is 1.21. The molecule has 1 aromatic heterocycles. The summed E-state index contributed by atoms with van der Waals surface area (Å²) in [6, 6.07) is 1.96. The topological polar surface area (TPSA) is 37.3 Å². The maximum absolute atomic E-state index is 10.9. The van der Waals surface area contributed by atoms with E-state index in [4.69, 9.17) is 5.11 Å². The van der Waals surface area contributed by atoms with E-state index in [1.54, 1.807) is 11.3 Å². The average molecular weight is 263 g/mol. The van der Waals surface area contributed by atoms with Crippen molar-refractivity contribution in [2.24, 2.45) is 0 Å². The second-order valence-corrected chi connectivity index (χ2v) is 5.01. The zero-order chi connectivity index (χ0) is 10.0. The quantitative estimate of drug-likeness (QED) is 0.907. The van der Waals surface area contributed by atoms with E-state index in [1.807, 2.05) is 19.9 Å². The summed E-state index contributed by atoms with van der Waals surface area (Å²) >= 11 is 4.92. The van der Waals surface area contributed by atoms with Gasteiger partial charge in [0.05, 0.1) is 5.92 Å². The molecule has 0 bridgehead atoms. The molecule has 1 atom stereocenters. The van der Waals surface area contributed by atoms with Crippen LogP contribution in [0, 0.1) is 6.92 Å². The monoisotopic (exact) mass is 262 g/mol. The Morgan fingerprint density at radius 2 is 2.38 bits per heavy atom. The molecule has 0 aliphatic heterocycles. The molecule has 1 unspecified atom stereocenters. The Hall–Kier alpha value is -0.350. The Bertz CT molecular complexity index is 319. The predicted molar refractivity (Wildman–Crippen MR) is 57.4 cm³/mol. The fraction of sp³-hybridized carbons (Fsp3) is 0.444. The van der Waals surface area contributed by atoms with Gasteiger partial charge in [-0.2, -0.15) is 0 Å². The van der Waals surface area contributed by atoms with Gasteiger partial charge in [0.25, 0.3) is 0 Å². The SMILES string of the molecule is CCC(C(=O)O)c1sc(C)cc1Br. The van der Waals surface area contributed by atoms with Crippen LogP contribution in [-0.2, 0) is 4.79 Å². The number of hydrogen-bond donors (Lipinski definition) is 1. The van der Waals surface area contributed by atoms with Crippen LogP contribution < -0.4 is 0 Å². The molecule has 0 saturated heterocycles. The second kappa shape index (κ2) is 4.24. The molecule has 1 N–H and O–H groups in total. The Labute approximate surface area is 89.7 Å². The van der Waals surface area contributed by atoms with Gasteiger partial charge in [0, 0.05) is 14.2 Å². The Morgan fingerprint density at radius 3 is 2.69 bits per heavy atom. The van der Waals surface area contributed by atoms with Crippen molar-refractivity contribution in [1.29, 1.82) is 0 Å². The standard InChI is InChI=1S/C9H11BrO2S/c1-3-6(9(11)12)8-7(10)4-5(2)13-8/h4,6H,3H2,1-2H3,(H,11,12). The van der Waals surface area contributed by atoms with Crippen LogP contribution in [-0.4, -0.2) is 11.1 Å². The molecule has 0 amide bonds. The summed E-state index contributed by atoms with van der Waals surface area (Å²) in [6.07, 6.45) is 0.633. The molecule has 1 heterocycles. The van der Waals surface area contributed by atoms with Crippen molar-refractivity contribution >= 4 is 33.2 Å². The van der Waals surface area contributed by atoms with E-state index in [0.29, 0.717) is 6.42 Å². The summed E-state index contributed by atoms with van der Waals surface area (Å²) in [7, 11) is 0. The summed E-state index contributed by atoms with van der Waals surface area (Å²) < 4.78 is 0.921. The van der Waals surface area contributed by atoms with Crippen LogP contribution in [0.25, 0.3) is 0 Å². The molecule has 1 aromatic rings. The first-order valence-corrected chi connectivity index (χ1v) is 5.65. The van der Waals surface area contributed by atoms with Gasteiger partial charge < -0.3 is 5.11 Å². The molecule has 0 aliphatic carbocycles. The van der Waals surface area contributed by atoms with Crippen LogP contribution in [0.5, 0.6) is 0 Å². The van der Waals surface area contributed by atoms with Crippen molar-refractivity contribution in [2.45, 2.75) is 26.2 Å². The molecular weight excluding hydrogens is 252 g/mol. The first-order valence-electron chi connectivity index (χ1n) is 4.05. The number of aliphatic carboxylic acids is 1. The molecule has 2 nitrogen and oxygen atoms in total. The summed E-state index contributed by atoms with van der Waals surface area (Å²) in [5.74, 6) is -1.11. The van der Waals surface area contributed by atoms with Crippen LogP contribution in [0.3, 0.4) is 0 Å². The van der Waals surface area contributed by atoms with Crippen LogP contribution in [0.2, 0.25) is 0 Å². The number of carbonyl (C=O) groups is 1. The van der Waals surface area contributed by atoms with Crippen LogP contribution in [0.15, 0.2) is 10.5 Å². The maximum atomic E-state index is 10.9. The summed E-state index contributed by atoms with van der Waals surface area (Å²) in [6.45, 7) is 3.87. The molecular formula is C9H11BrO2S. The highest BCUT2D eigenvalue weighted by Gasteiger charge is 2.21. The van der Waals surface area contributed by atoms with Gasteiger partial charge in [-0.1, -0.05) is 6.92 Å². The van der Waals surface area contributed by atoms with Gasteiger partial charge in [0.2, 0.25) is 0 Å². The van der Waals surface area contributed by atoms with Gasteiger partial charge in [-0.05, 0) is 35.3 Å². The molecule has 0 fully saturated rings. The van der Waals surface area contributed by atoms with E-state index in [-0.39, 0.29) is 5.92 Å². The molecule has 72 valence electrons. The largest absolute Gasteiger partial charge is 0.481 e. The molecule has 0 spiro atoms. The number of aryl methyl sites for hydroxylation is 1. The molecule has 4 heteroatoms. The predicted octanol–water partition coefficient (Wildman–Crippen LogP) is 3.40. The maximum Gasteiger partial charge on any atom is 0.311 e. The molecule has 0 aromatic carbocycles. The molecule has 0 saturated carbocycles. The Balaban J connectivity index is 3.04. The average Bonchev–Trinajstić information content (AvgIpc) is 2.31. The lowest BCUT2D eigenvalue weighted by Gasteiger charge is -2.07. The minimum absolute atomic E-state index is 0.368. The summed E-state index contributed by atoms with van der Waals surface area (Å²) in [5, 5.41) is 8.95. The second-order valence-electron chi connectivity index (χ2n) is 2.87. The van der Waals surface area contributed by atoms with Gasteiger partial charge in [-0.15, -0.1) is 11.3 Å². The normalized spacial score (nSPS) is 12.8. The van der Waals surface area contributed by atoms with Gasteiger partial charge in [0.15, 0.2) is 0 Å².